The summed E-state index contributed by atoms with van der Waals surface area (Å²) in [6, 6.07) is 0. The lowest BCUT2D eigenvalue weighted by Gasteiger charge is -1.99. The van der Waals surface area contributed by atoms with Crippen molar-refractivity contribution in [3.8, 4) is 0 Å². The van der Waals surface area contributed by atoms with Crippen LogP contribution in [0.3, 0.4) is 0 Å². The molecule has 0 saturated heterocycles. The number of nitrogens with zero attached hydrogens (tertiary/aromatic N) is 2. The minimum atomic E-state index is -0.0486. The molecule has 1 aromatic rings. The molecule has 0 spiro atoms. The molecule has 0 unspecified atom stereocenters. The van der Waals surface area contributed by atoms with Crippen molar-refractivity contribution in [2.75, 3.05) is 0 Å². The van der Waals surface area contributed by atoms with Gasteiger partial charge in [0.1, 0.15) is 0 Å². The van der Waals surface area contributed by atoms with E-state index in [1.807, 2.05) is 0 Å². The Bertz CT molecular complexity index is 338. The van der Waals surface area contributed by atoms with Crippen molar-refractivity contribution in [2.45, 2.75) is 6.92 Å². The molecule has 0 bridgehead atoms. The maximum absolute atomic E-state index is 11.3. The van der Waals surface area contributed by atoms with Crippen LogP contribution in [-0.4, -0.2) is 9.55 Å². The zero-order chi connectivity index (χ0) is 8.43. The van der Waals surface area contributed by atoms with Gasteiger partial charge in [0, 0.05) is 13.2 Å². The van der Waals surface area contributed by atoms with Crippen molar-refractivity contribution in [1.82, 2.24) is 9.55 Å². The molecule has 11 heavy (non-hydrogen) atoms. The van der Waals surface area contributed by atoms with Crippen LogP contribution in [0.15, 0.2) is 23.9 Å². The van der Waals surface area contributed by atoms with Gasteiger partial charge >= 0.3 is 0 Å². The Kier molecular flexibility index (Phi) is 1.89. The fourth-order valence-electron chi connectivity index (χ4n) is 0.798. The van der Waals surface area contributed by atoms with Gasteiger partial charge in [0.05, 0.1) is 11.9 Å². The summed E-state index contributed by atoms with van der Waals surface area (Å²) >= 11 is 0. The molecule has 3 nitrogen and oxygen atoms in total. The molecule has 0 N–H and O–H groups in total. The number of aryl methyl sites for hydroxylation is 1. The monoisotopic (exact) mass is 150 g/mol. The highest BCUT2D eigenvalue weighted by Gasteiger charge is 1.99. The first-order valence-electron chi connectivity index (χ1n) is 3.29. The molecule has 0 amide bonds. The van der Waals surface area contributed by atoms with Crippen molar-refractivity contribution in [2.24, 2.45) is 7.05 Å². The van der Waals surface area contributed by atoms with Crippen LogP contribution < -0.4 is 5.56 Å². The smallest absolute Gasteiger partial charge is 0.260 e. The lowest BCUT2D eigenvalue weighted by molar-refractivity contribution is 0.819. The van der Waals surface area contributed by atoms with Gasteiger partial charge in [-0.15, -0.1) is 0 Å². The Balaban J connectivity index is 3.40. The number of rotatable bonds is 1. The fourth-order valence-corrected chi connectivity index (χ4v) is 0.798. The molecule has 1 heterocycles. The standard InChI is InChI=1S/C8H10N2O/c1-6(2)7-4-9-5-10(3)8(7)11/h4-5H,1H2,2-3H3. The van der Waals surface area contributed by atoms with E-state index in [9.17, 15) is 4.79 Å². The van der Waals surface area contributed by atoms with Crippen LogP contribution in [0.25, 0.3) is 5.57 Å². The quantitative estimate of drug-likeness (QED) is 0.594. The van der Waals surface area contributed by atoms with Crippen LogP contribution in [0.1, 0.15) is 12.5 Å². The summed E-state index contributed by atoms with van der Waals surface area (Å²) in [5.74, 6) is 0. The largest absolute Gasteiger partial charge is 0.302 e. The molecular formula is C8H10N2O. The van der Waals surface area contributed by atoms with Gasteiger partial charge in [-0.25, -0.2) is 4.98 Å². The van der Waals surface area contributed by atoms with Crippen LogP contribution in [0.4, 0.5) is 0 Å². The van der Waals surface area contributed by atoms with Crippen molar-refractivity contribution < 1.29 is 0 Å². The third kappa shape index (κ3) is 1.37. The highest BCUT2D eigenvalue weighted by molar-refractivity contribution is 5.59. The van der Waals surface area contributed by atoms with E-state index < -0.39 is 0 Å². The molecule has 0 aliphatic heterocycles. The molecule has 0 aliphatic rings. The second-order valence-electron chi connectivity index (χ2n) is 2.50. The van der Waals surface area contributed by atoms with E-state index >= 15 is 0 Å². The topological polar surface area (TPSA) is 34.9 Å². The van der Waals surface area contributed by atoms with Gasteiger partial charge in [-0.1, -0.05) is 6.58 Å². The molecule has 1 aromatic heterocycles. The molecule has 0 radical (unpaired) electrons. The van der Waals surface area contributed by atoms with Gasteiger partial charge in [0.15, 0.2) is 0 Å². The number of hydrogen-bond donors (Lipinski definition) is 0. The highest BCUT2D eigenvalue weighted by atomic mass is 16.1. The van der Waals surface area contributed by atoms with Crippen LogP contribution in [0, 0.1) is 0 Å². The molecular weight excluding hydrogens is 140 g/mol. The van der Waals surface area contributed by atoms with Crippen LogP contribution >= 0.6 is 0 Å². The van der Waals surface area contributed by atoms with Gasteiger partial charge in [0.2, 0.25) is 0 Å². The van der Waals surface area contributed by atoms with Crippen molar-refractivity contribution in [3.63, 3.8) is 0 Å². The van der Waals surface area contributed by atoms with E-state index in [4.69, 9.17) is 0 Å². The van der Waals surface area contributed by atoms with Crippen molar-refractivity contribution in [3.05, 3.63) is 35.0 Å². The molecule has 0 aromatic carbocycles. The zero-order valence-corrected chi connectivity index (χ0v) is 6.66. The average Bonchev–Trinajstić information content (AvgIpc) is 1.94. The van der Waals surface area contributed by atoms with E-state index in [2.05, 4.69) is 11.6 Å². The molecule has 1 rings (SSSR count). The predicted molar refractivity (Wildman–Crippen MR) is 44.2 cm³/mol. The number of aromatic nitrogens is 2. The first kappa shape index (κ1) is 7.72. The Morgan fingerprint density at radius 1 is 1.73 bits per heavy atom. The highest BCUT2D eigenvalue weighted by Crippen LogP contribution is 2.01. The van der Waals surface area contributed by atoms with E-state index in [1.165, 1.54) is 17.1 Å². The second-order valence-corrected chi connectivity index (χ2v) is 2.50. The van der Waals surface area contributed by atoms with E-state index in [0.717, 1.165) is 5.57 Å². The Hall–Kier alpha value is -1.38. The fraction of sp³-hybridized carbons (Fsp3) is 0.250. The lowest BCUT2D eigenvalue weighted by Crippen LogP contribution is -2.19. The normalized spacial score (nSPS) is 9.64. The van der Waals surface area contributed by atoms with Crippen LogP contribution in [0.5, 0.6) is 0 Å². The maximum atomic E-state index is 11.3. The summed E-state index contributed by atoms with van der Waals surface area (Å²) in [5, 5.41) is 0. The van der Waals surface area contributed by atoms with Crippen molar-refractivity contribution in [1.29, 1.82) is 0 Å². The predicted octanol–water partition coefficient (Wildman–Crippen LogP) is 0.813. The lowest BCUT2D eigenvalue weighted by atomic mass is 10.2. The second kappa shape index (κ2) is 2.70. The molecule has 0 aliphatic carbocycles. The Labute approximate surface area is 65.0 Å². The summed E-state index contributed by atoms with van der Waals surface area (Å²) in [6.07, 6.45) is 3.01. The third-order valence-electron chi connectivity index (χ3n) is 1.45. The molecule has 0 atom stereocenters. The molecule has 58 valence electrons. The van der Waals surface area contributed by atoms with E-state index in [1.54, 1.807) is 14.0 Å². The molecule has 0 saturated carbocycles. The molecule has 3 heteroatoms. The van der Waals surface area contributed by atoms with E-state index in [-0.39, 0.29) is 5.56 Å². The van der Waals surface area contributed by atoms with Crippen LogP contribution in [-0.2, 0) is 7.05 Å². The minimum Gasteiger partial charge on any atom is -0.302 e. The summed E-state index contributed by atoms with van der Waals surface area (Å²) in [6.45, 7) is 5.46. The summed E-state index contributed by atoms with van der Waals surface area (Å²) < 4.78 is 1.43. The maximum Gasteiger partial charge on any atom is 0.260 e. The van der Waals surface area contributed by atoms with Gasteiger partial charge in [-0.3, -0.25) is 4.79 Å². The molecule has 0 fully saturated rings. The number of allylic oxidation sites excluding steroid dienone is 1. The van der Waals surface area contributed by atoms with Gasteiger partial charge in [0.25, 0.3) is 5.56 Å². The average molecular weight is 150 g/mol. The van der Waals surface area contributed by atoms with Gasteiger partial charge in [-0.05, 0) is 12.5 Å². The van der Waals surface area contributed by atoms with Gasteiger partial charge in [-0.2, -0.15) is 0 Å². The summed E-state index contributed by atoms with van der Waals surface area (Å²) in [5.41, 5.74) is 1.28. The summed E-state index contributed by atoms with van der Waals surface area (Å²) in [7, 11) is 1.67. The van der Waals surface area contributed by atoms with Crippen LogP contribution in [0.2, 0.25) is 0 Å². The van der Waals surface area contributed by atoms with Gasteiger partial charge < -0.3 is 4.57 Å². The first-order chi connectivity index (χ1) is 5.13. The van der Waals surface area contributed by atoms with E-state index in [0.29, 0.717) is 5.56 Å². The summed E-state index contributed by atoms with van der Waals surface area (Å²) in [4.78, 5) is 15.1. The number of hydrogen-bond acceptors (Lipinski definition) is 2. The Morgan fingerprint density at radius 2 is 2.36 bits per heavy atom. The first-order valence-corrected chi connectivity index (χ1v) is 3.29. The zero-order valence-electron chi connectivity index (χ0n) is 6.66. The minimum absolute atomic E-state index is 0.0486. The Morgan fingerprint density at radius 3 is 2.82 bits per heavy atom. The van der Waals surface area contributed by atoms with Crippen molar-refractivity contribution >= 4 is 5.57 Å². The SMILES string of the molecule is C=C(C)c1cncn(C)c1=O. The third-order valence-corrected chi connectivity index (χ3v) is 1.45.